The predicted molar refractivity (Wildman–Crippen MR) is 87.4 cm³/mol. The van der Waals surface area contributed by atoms with Crippen LogP contribution in [0.25, 0.3) is 0 Å². The number of hydrogen-bond acceptors (Lipinski definition) is 3. The van der Waals surface area contributed by atoms with Crippen LogP contribution < -0.4 is 11.1 Å². The van der Waals surface area contributed by atoms with Gasteiger partial charge in [0.05, 0.1) is 10.7 Å². The van der Waals surface area contributed by atoms with E-state index in [4.69, 9.17) is 17.3 Å². The molecule has 114 valence electrons. The van der Waals surface area contributed by atoms with Crippen molar-refractivity contribution in [2.24, 2.45) is 0 Å². The number of likely N-dealkylation sites (N-methyl/N-ethyl adjacent to an activating group) is 1. The lowest BCUT2D eigenvalue weighted by molar-refractivity contribution is -0.142. The molecule has 0 heterocycles. The Hall–Kier alpha value is -2.53. The molecule has 6 heteroatoms. The number of amides is 2. The van der Waals surface area contributed by atoms with E-state index in [1.54, 1.807) is 19.2 Å². The van der Waals surface area contributed by atoms with Gasteiger partial charge in [-0.25, -0.2) is 0 Å². The number of carbonyl (C=O) groups is 2. The fraction of sp³-hybridized carbons (Fsp3) is 0.125. The molecule has 0 saturated heterocycles. The first-order chi connectivity index (χ1) is 10.5. The van der Waals surface area contributed by atoms with Crippen LogP contribution in [0.15, 0.2) is 48.5 Å². The Balaban J connectivity index is 1.99. The van der Waals surface area contributed by atoms with Crippen molar-refractivity contribution in [2.75, 3.05) is 18.1 Å². The molecule has 0 bridgehead atoms. The third-order valence-corrected chi connectivity index (χ3v) is 3.39. The average molecular weight is 318 g/mol. The summed E-state index contributed by atoms with van der Waals surface area (Å²) in [4.78, 5) is 25.4. The van der Waals surface area contributed by atoms with Crippen molar-refractivity contribution in [3.8, 4) is 0 Å². The number of nitrogens with one attached hydrogen (secondary N) is 1. The van der Waals surface area contributed by atoms with Crippen molar-refractivity contribution in [2.45, 2.75) is 6.54 Å². The van der Waals surface area contributed by atoms with Crippen LogP contribution in [0.4, 0.5) is 11.4 Å². The Bertz CT molecular complexity index is 689. The molecule has 0 aliphatic carbocycles. The van der Waals surface area contributed by atoms with Crippen LogP contribution >= 0.6 is 11.6 Å². The van der Waals surface area contributed by atoms with Gasteiger partial charge in [0.15, 0.2) is 0 Å². The number of benzene rings is 2. The first-order valence-corrected chi connectivity index (χ1v) is 7.00. The second kappa shape index (κ2) is 6.95. The van der Waals surface area contributed by atoms with Crippen molar-refractivity contribution in [1.29, 1.82) is 0 Å². The van der Waals surface area contributed by atoms with Crippen molar-refractivity contribution in [1.82, 2.24) is 4.90 Å². The summed E-state index contributed by atoms with van der Waals surface area (Å²) in [5.41, 5.74) is 7.37. The molecule has 0 saturated carbocycles. The number of carbonyl (C=O) groups excluding carboxylic acids is 2. The molecule has 0 fully saturated rings. The van der Waals surface area contributed by atoms with Gasteiger partial charge in [-0.3, -0.25) is 9.59 Å². The average Bonchev–Trinajstić information content (AvgIpc) is 2.51. The number of hydrogen-bond donors (Lipinski definition) is 2. The van der Waals surface area contributed by atoms with Gasteiger partial charge >= 0.3 is 11.8 Å². The topological polar surface area (TPSA) is 75.4 Å². The molecule has 0 aliphatic rings. The number of nitrogens with zero attached hydrogens (tertiary/aromatic N) is 1. The van der Waals surface area contributed by atoms with E-state index in [0.717, 1.165) is 5.56 Å². The number of rotatable bonds is 3. The maximum absolute atomic E-state index is 12.1. The molecule has 0 aliphatic heterocycles. The van der Waals surface area contributed by atoms with Crippen molar-refractivity contribution < 1.29 is 9.59 Å². The molecule has 3 N–H and O–H groups in total. The molecule has 2 rings (SSSR count). The molecule has 0 atom stereocenters. The van der Waals surface area contributed by atoms with E-state index < -0.39 is 11.8 Å². The zero-order valence-electron chi connectivity index (χ0n) is 12.0. The second-order valence-electron chi connectivity index (χ2n) is 4.84. The van der Waals surface area contributed by atoms with Crippen LogP contribution in [0.3, 0.4) is 0 Å². The number of nitrogen functional groups attached to an aromatic ring is 1. The highest BCUT2D eigenvalue weighted by atomic mass is 35.5. The van der Waals surface area contributed by atoms with E-state index in [1.165, 1.54) is 11.0 Å². The minimum Gasteiger partial charge on any atom is -0.398 e. The highest BCUT2D eigenvalue weighted by Gasteiger charge is 2.19. The first-order valence-electron chi connectivity index (χ1n) is 6.63. The zero-order chi connectivity index (χ0) is 16.1. The summed E-state index contributed by atoms with van der Waals surface area (Å²) < 4.78 is 0. The first kappa shape index (κ1) is 15.9. The highest BCUT2D eigenvalue weighted by molar-refractivity contribution is 6.39. The number of anilines is 2. The lowest BCUT2D eigenvalue weighted by Gasteiger charge is -2.16. The van der Waals surface area contributed by atoms with Crippen LogP contribution in [0.2, 0.25) is 5.02 Å². The standard InChI is InChI=1S/C16H16ClN3O2/c1-20(10-11-5-3-2-4-6-11)16(22)15(21)19-12-7-8-14(18)13(17)9-12/h2-9H,10,18H2,1H3,(H,19,21). The summed E-state index contributed by atoms with van der Waals surface area (Å²) in [5, 5.41) is 2.83. The van der Waals surface area contributed by atoms with Crippen molar-refractivity contribution in [3.63, 3.8) is 0 Å². The molecule has 0 radical (unpaired) electrons. The van der Waals surface area contributed by atoms with Gasteiger partial charge in [-0.2, -0.15) is 0 Å². The smallest absolute Gasteiger partial charge is 0.313 e. The molecule has 0 unspecified atom stereocenters. The normalized spacial score (nSPS) is 10.1. The largest absolute Gasteiger partial charge is 0.398 e. The Morgan fingerprint density at radius 3 is 2.50 bits per heavy atom. The molecule has 22 heavy (non-hydrogen) atoms. The molecule has 0 aromatic heterocycles. The van der Waals surface area contributed by atoms with E-state index in [0.29, 0.717) is 22.9 Å². The third kappa shape index (κ3) is 3.99. The van der Waals surface area contributed by atoms with Gasteiger partial charge in [0.25, 0.3) is 0 Å². The SMILES string of the molecule is CN(Cc1ccccc1)C(=O)C(=O)Nc1ccc(N)c(Cl)c1. The van der Waals surface area contributed by atoms with E-state index in [9.17, 15) is 9.59 Å². The van der Waals surface area contributed by atoms with Crippen LogP contribution in [-0.2, 0) is 16.1 Å². The van der Waals surface area contributed by atoms with Crippen LogP contribution in [-0.4, -0.2) is 23.8 Å². The second-order valence-corrected chi connectivity index (χ2v) is 5.24. The van der Waals surface area contributed by atoms with E-state index >= 15 is 0 Å². The summed E-state index contributed by atoms with van der Waals surface area (Å²) >= 11 is 5.88. The van der Waals surface area contributed by atoms with Gasteiger partial charge in [-0.05, 0) is 23.8 Å². The lowest BCUT2D eigenvalue weighted by Crippen LogP contribution is -2.36. The van der Waals surface area contributed by atoms with Crippen molar-refractivity contribution in [3.05, 3.63) is 59.1 Å². The predicted octanol–water partition coefficient (Wildman–Crippen LogP) is 2.52. The van der Waals surface area contributed by atoms with E-state index in [1.807, 2.05) is 30.3 Å². The van der Waals surface area contributed by atoms with Gasteiger partial charge in [-0.1, -0.05) is 41.9 Å². The van der Waals surface area contributed by atoms with Gasteiger partial charge in [0.2, 0.25) is 0 Å². The molecule has 5 nitrogen and oxygen atoms in total. The molecule has 2 aromatic carbocycles. The van der Waals surface area contributed by atoms with Crippen molar-refractivity contribution >= 4 is 34.8 Å². The molecule has 0 spiro atoms. The summed E-state index contributed by atoms with van der Waals surface area (Å²) in [6.07, 6.45) is 0. The van der Waals surface area contributed by atoms with Crippen LogP contribution in [0.1, 0.15) is 5.56 Å². The van der Waals surface area contributed by atoms with Gasteiger partial charge in [0, 0.05) is 19.3 Å². The summed E-state index contributed by atoms with van der Waals surface area (Å²) in [6, 6.07) is 14.1. The molecular weight excluding hydrogens is 302 g/mol. The summed E-state index contributed by atoms with van der Waals surface area (Å²) in [5.74, 6) is -1.35. The highest BCUT2D eigenvalue weighted by Crippen LogP contribution is 2.22. The fourth-order valence-corrected chi connectivity index (χ4v) is 2.07. The molecular formula is C16H16ClN3O2. The quantitative estimate of drug-likeness (QED) is 0.674. The number of nitrogens with two attached hydrogens (primary N) is 1. The Morgan fingerprint density at radius 2 is 1.86 bits per heavy atom. The number of halogens is 1. The Labute approximate surface area is 133 Å². The van der Waals surface area contributed by atoms with Gasteiger partial charge in [-0.15, -0.1) is 0 Å². The Kier molecular flexibility index (Phi) is 5.01. The van der Waals surface area contributed by atoms with Gasteiger partial charge in [0.1, 0.15) is 0 Å². The summed E-state index contributed by atoms with van der Waals surface area (Å²) in [6.45, 7) is 0.357. The van der Waals surface area contributed by atoms with Crippen LogP contribution in [0, 0.1) is 0 Å². The Morgan fingerprint density at radius 1 is 1.18 bits per heavy atom. The minimum atomic E-state index is -0.723. The maximum Gasteiger partial charge on any atom is 0.313 e. The zero-order valence-corrected chi connectivity index (χ0v) is 12.8. The van der Waals surface area contributed by atoms with Gasteiger partial charge < -0.3 is 16.0 Å². The third-order valence-electron chi connectivity index (χ3n) is 3.06. The maximum atomic E-state index is 12.1. The lowest BCUT2D eigenvalue weighted by atomic mass is 10.2. The molecule has 2 aromatic rings. The molecule has 2 amide bonds. The summed E-state index contributed by atoms with van der Waals surface area (Å²) in [7, 11) is 1.57. The van der Waals surface area contributed by atoms with E-state index in [-0.39, 0.29) is 0 Å². The van der Waals surface area contributed by atoms with Crippen LogP contribution in [0.5, 0.6) is 0 Å². The van der Waals surface area contributed by atoms with E-state index in [2.05, 4.69) is 5.32 Å². The fourth-order valence-electron chi connectivity index (χ4n) is 1.89. The monoisotopic (exact) mass is 317 g/mol. The minimum absolute atomic E-state index is 0.322.